The maximum Gasteiger partial charge on any atom is 0.295 e. The second-order valence-electron chi connectivity index (χ2n) is 7.02. The van der Waals surface area contributed by atoms with Gasteiger partial charge in [0.05, 0.1) is 5.69 Å². The topological polar surface area (TPSA) is 59.8 Å². The molecule has 0 aliphatic heterocycles. The minimum Gasteiger partial charge on any atom is -0.319 e. The number of aromatic nitrogens is 3. The highest BCUT2D eigenvalue weighted by Crippen LogP contribution is 2.24. The Bertz CT molecular complexity index is 1180. The van der Waals surface area contributed by atoms with E-state index in [0.717, 1.165) is 23.2 Å². The van der Waals surface area contributed by atoms with Crippen LogP contribution in [-0.4, -0.2) is 20.7 Å². The van der Waals surface area contributed by atoms with Gasteiger partial charge in [-0.2, -0.15) is 0 Å². The summed E-state index contributed by atoms with van der Waals surface area (Å²) >= 11 is 6.18. The number of nitrogens with zero attached hydrogens (tertiary/aromatic N) is 3. The van der Waals surface area contributed by atoms with Gasteiger partial charge in [0, 0.05) is 16.3 Å². The number of carbonyl (C=O) groups excluding carboxylic acids is 1. The molecule has 0 atom stereocenters. The zero-order valence-electron chi connectivity index (χ0n) is 16.8. The first kappa shape index (κ1) is 19.9. The number of hydrogen-bond acceptors (Lipinski definition) is 3. The second-order valence-corrected chi connectivity index (χ2v) is 7.46. The molecule has 6 heteroatoms. The van der Waals surface area contributed by atoms with Gasteiger partial charge in [0.15, 0.2) is 5.82 Å². The predicted octanol–water partition coefficient (Wildman–Crippen LogP) is 5.71. The summed E-state index contributed by atoms with van der Waals surface area (Å²) in [6.07, 6.45) is 0.944. The Morgan fingerprint density at radius 2 is 1.77 bits per heavy atom. The normalized spacial score (nSPS) is 10.8. The Morgan fingerprint density at radius 1 is 1.03 bits per heavy atom. The highest BCUT2D eigenvalue weighted by atomic mass is 35.5. The highest BCUT2D eigenvalue weighted by molar-refractivity contribution is 6.30. The van der Waals surface area contributed by atoms with E-state index in [-0.39, 0.29) is 11.7 Å². The first-order chi connectivity index (χ1) is 14.5. The molecule has 1 amide bonds. The maximum atomic E-state index is 12.8. The van der Waals surface area contributed by atoms with E-state index in [9.17, 15) is 4.79 Å². The highest BCUT2D eigenvalue weighted by Gasteiger charge is 2.19. The number of hydrogen-bond donors (Lipinski definition) is 1. The first-order valence-corrected chi connectivity index (χ1v) is 10.1. The van der Waals surface area contributed by atoms with Gasteiger partial charge < -0.3 is 5.32 Å². The predicted molar refractivity (Wildman–Crippen MR) is 120 cm³/mol. The van der Waals surface area contributed by atoms with Gasteiger partial charge in [-0.25, -0.2) is 9.67 Å². The molecule has 0 aliphatic rings. The Kier molecular flexibility index (Phi) is 5.63. The van der Waals surface area contributed by atoms with Crippen molar-refractivity contribution < 1.29 is 4.79 Å². The molecule has 0 aliphatic carbocycles. The van der Waals surface area contributed by atoms with Crippen molar-refractivity contribution in [1.29, 1.82) is 0 Å². The van der Waals surface area contributed by atoms with Crippen LogP contribution in [0, 0.1) is 6.92 Å². The van der Waals surface area contributed by atoms with E-state index in [1.165, 1.54) is 5.56 Å². The van der Waals surface area contributed by atoms with Crippen molar-refractivity contribution in [3.63, 3.8) is 0 Å². The molecule has 0 fully saturated rings. The monoisotopic (exact) mass is 416 g/mol. The third kappa shape index (κ3) is 4.26. The maximum absolute atomic E-state index is 12.8. The number of amides is 1. The number of nitrogens with one attached hydrogen (secondary N) is 1. The standard InChI is InChI=1S/C24H21ClN4O/c1-3-17-9-11-20(12-10-17)26-24(30)22-27-23(18-5-4-6-19(25)15-18)29(28-22)21-13-7-16(2)8-14-21/h4-15H,3H2,1-2H3,(H,26,30). The summed E-state index contributed by atoms with van der Waals surface area (Å²) in [5.74, 6) is 0.270. The van der Waals surface area contributed by atoms with Crippen molar-refractivity contribution in [3.8, 4) is 17.1 Å². The average Bonchev–Trinajstić information content (AvgIpc) is 3.20. The van der Waals surface area contributed by atoms with E-state index in [0.29, 0.717) is 16.5 Å². The Labute approximate surface area is 180 Å². The minimum absolute atomic E-state index is 0.0881. The van der Waals surface area contributed by atoms with Crippen LogP contribution in [0.4, 0.5) is 5.69 Å². The van der Waals surface area contributed by atoms with E-state index >= 15 is 0 Å². The zero-order valence-corrected chi connectivity index (χ0v) is 17.5. The molecule has 30 heavy (non-hydrogen) atoms. The van der Waals surface area contributed by atoms with Crippen molar-refractivity contribution in [2.75, 3.05) is 5.32 Å². The van der Waals surface area contributed by atoms with Crippen LogP contribution in [0.2, 0.25) is 5.02 Å². The Hall–Kier alpha value is -3.44. The lowest BCUT2D eigenvalue weighted by atomic mass is 10.1. The van der Waals surface area contributed by atoms with E-state index in [1.54, 1.807) is 16.8 Å². The summed E-state index contributed by atoms with van der Waals surface area (Å²) in [4.78, 5) is 17.4. The van der Waals surface area contributed by atoms with Crippen molar-refractivity contribution in [2.24, 2.45) is 0 Å². The first-order valence-electron chi connectivity index (χ1n) is 9.74. The average molecular weight is 417 g/mol. The van der Waals surface area contributed by atoms with Crippen molar-refractivity contribution in [2.45, 2.75) is 20.3 Å². The quantitative estimate of drug-likeness (QED) is 0.453. The van der Waals surface area contributed by atoms with Crippen LogP contribution in [-0.2, 0) is 6.42 Å². The number of carbonyl (C=O) groups is 1. The van der Waals surface area contributed by atoms with E-state index < -0.39 is 0 Å². The smallest absolute Gasteiger partial charge is 0.295 e. The van der Waals surface area contributed by atoms with E-state index in [4.69, 9.17) is 11.6 Å². The van der Waals surface area contributed by atoms with Gasteiger partial charge in [-0.05, 0) is 55.3 Å². The van der Waals surface area contributed by atoms with Gasteiger partial charge in [0.1, 0.15) is 0 Å². The Morgan fingerprint density at radius 3 is 2.43 bits per heavy atom. The van der Waals surface area contributed by atoms with Gasteiger partial charge >= 0.3 is 0 Å². The molecule has 150 valence electrons. The lowest BCUT2D eigenvalue weighted by Crippen LogP contribution is -2.14. The summed E-state index contributed by atoms with van der Waals surface area (Å²) in [5, 5.41) is 7.96. The van der Waals surface area contributed by atoms with E-state index in [2.05, 4.69) is 22.3 Å². The molecule has 0 spiro atoms. The number of benzene rings is 3. The van der Waals surface area contributed by atoms with Crippen LogP contribution in [0.1, 0.15) is 28.7 Å². The number of anilines is 1. The fourth-order valence-corrected chi connectivity index (χ4v) is 3.29. The van der Waals surface area contributed by atoms with Crippen LogP contribution in [0.25, 0.3) is 17.1 Å². The molecular formula is C24H21ClN4O. The third-order valence-electron chi connectivity index (χ3n) is 4.79. The largest absolute Gasteiger partial charge is 0.319 e. The summed E-state index contributed by atoms with van der Waals surface area (Å²) in [6.45, 7) is 4.11. The van der Waals surface area contributed by atoms with Crippen LogP contribution in [0.3, 0.4) is 0 Å². The molecule has 3 aromatic carbocycles. The van der Waals surface area contributed by atoms with Crippen molar-refractivity contribution in [1.82, 2.24) is 14.8 Å². The fourth-order valence-electron chi connectivity index (χ4n) is 3.10. The van der Waals surface area contributed by atoms with E-state index in [1.807, 2.05) is 67.6 Å². The van der Waals surface area contributed by atoms with Crippen LogP contribution in [0.15, 0.2) is 72.8 Å². The molecule has 1 N–H and O–H groups in total. The molecule has 1 aromatic heterocycles. The van der Waals surface area contributed by atoms with Crippen LogP contribution >= 0.6 is 11.6 Å². The zero-order chi connectivity index (χ0) is 21.1. The van der Waals surface area contributed by atoms with Gasteiger partial charge in [0.2, 0.25) is 5.82 Å². The number of aryl methyl sites for hydroxylation is 2. The minimum atomic E-state index is -0.367. The lowest BCUT2D eigenvalue weighted by molar-refractivity contribution is 0.101. The third-order valence-corrected chi connectivity index (χ3v) is 5.03. The molecule has 0 unspecified atom stereocenters. The van der Waals surface area contributed by atoms with Gasteiger partial charge in [0.25, 0.3) is 5.91 Å². The molecule has 0 saturated heterocycles. The van der Waals surface area contributed by atoms with Crippen molar-refractivity contribution >= 4 is 23.2 Å². The van der Waals surface area contributed by atoms with Crippen LogP contribution in [0.5, 0.6) is 0 Å². The molecule has 4 aromatic rings. The number of rotatable bonds is 5. The molecule has 4 rings (SSSR count). The summed E-state index contributed by atoms with van der Waals surface area (Å²) in [7, 11) is 0. The molecule has 5 nitrogen and oxygen atoms in total. The van der Waals surface area contributed by atoms with Crippen LogP contribution < -0.4 is 5.32 Å². The summed E-state index contributed by atoms with van der Waals surface area (Å²) in [5.41, 5.74) is 4.64. The molecule has 1 heterocycles. The summed E-state index contributed by atoms with van der Waals surface area (Å²) < 4.78 is 1.67. The van der Waals surface area contributed by atoms with Gasteiger partial charge in [-0.15, -0.1) is 5.10 Å². The number of halogens is 1. The Balaban J connectivity index is 1.72. The molecule has 0 radical (unpaired) electrons. The summed E-state index contributed by atoms with van der Waals surface area (Å²) in [6, 6.07) is 23.0. The lowest BCUT2D eigenvalue weighted by Gasteiger charge is -2.06. The molecular weight excluding hydrogens is 396 g/mol. The second kappa shape index (κ2) is 8.51. The molecule has 0 bridgehead atoms. The van der Waals surface area contributed by atoms with Crippen molar-refractivity contribution in [3.05, 3.63) is 94.8 Å². The molecule has 0 saturated carbocycles. The van der Waals surface area contributed by atoms with Gasteiger partial charge in [-0.1, -0.05) is 60.5 Å². The van der Waals surface area contributed by atoms with Gasteiger partial charge in [-0.3, -0.25) is 4.79 Å². The SMILES string of the molecule is CCc1ccc(NC(=O)c2nc(-c3cccc(Cl)c3)n(-c3ccc(C)cc3)n2)cc1. The fraction of sp³-hybridized carbons (Fsp3) is 0.125.